The summed E-state index contributed by atoms with van der Waals surface area (Å²) in [6.07, 6.45) is 2.56. The molecular weight excluding hydrogens is 234 g/mol. The summed E-state index contributed by atoms with van der Waals surface area (Å²) in [5, 5.41) is 3.20. The molecule has 1 fully saturated rings. The first-order valence-electron chi connectivity index (χ1n) is 4.18. The summed E-state index contributed by atoms with van der Waals surface area (Å²) < 4.78 is 0.481. The number of aromatic amines is 1. The fourth-order valence-corrected chi connectivity index (χ4v) is 1.51. The summed E-state index contributed by atoms with van der Waals surface area (Å²) in [7, 11) is 0. The zero-order valence-electron chi connectivity index (χ0n) is 7.17. The van der Waals surface area contributed by atoms with Gasteiger partial charge in [0.1, 0.15) is 10.3 Å². The van der Waals surface area contributed by atoms with E-state index in [-0.39, 0.29) is 5.56 Å². The van der Waals surface area contributed by atoms with Crippen LogP contribution in [-0.4, -0.2) is 16.0 Å². The molecule has 13 heavy (non-hydrogen) atoms. The Morgan fingerprint density at radius 3 is 3.08 bits per heavy atom. The number of nitrogens with zero attached hydrogens (tertiary/aromatic N) is 1. The van der Waals surface area contributed by atoms with Crippen LogP contribution in [0.25, 0.3) is 0 Å². The van der Waals surface area contributed by atoms with Crippen LogP contribution in [0.2, 0.25) is 0 Å². The maximum absolute atomic E-state index is 11.1. The van der Waals surface area contributed by atoms with Crippen LogP contribution < -0.4 is 10.9 Å². The van der Waals surface area contributed by atoms with Crippen LogP contribution in [0.15, 0.2) is 15.6 Å². The van der Waals surface area contributed by atoms with E-state index >= 15 is 0 Å². The summed E-state index contributed by atoms with van der Waals surface area (Å²) in [4.78, 5) is 17.7. The highest BCUT2D eigenvalue weighted by molar-refractivity contribution is 9.10. The molecule has 0 aliphatic heterocycles. The maximum Gasteiger partial charge on any atom is 0.267 e. The third kappa shape index (κ3) is 1.75. The molecule has 0 spiro atoms. The average Bonchev–Trinajstić information content (AvgIpc) is 2.77. The van der Waals surface area contributed by atoms with Gasteiger partial charge in [0.05, 0.1) is 6.33 Å². The predicted octanol–water partition coefficient (Wildman–Crippen LogP) is 1.35. The first-order chi connectivity index (χ1) is 6.18. The zero-order valence-corrected chi connectivity index (χ0v) is 8.76. The van der Waals surface area contributed by atoms with Crippen LogP contribution in [0.4, 0.5) is 5.82 Å². The van der Waals surface area contributed by atoms with E-state index < -0.39 is 0 Å². The number of hydrogen-bond donors (Lipinski definition) is 2. The number of anilines is 1. The van der Waals surface area contributed by atoms with Gasteiger partial charge in [0.15, 0.2) is 0 Å². The van der Waals surface area contributed by atoms with Crippen molar-refractivity contribution in [3.63, 3.8) is 0 Å². The topological polar surface area (TPSA) is 57.8 Å². The fourth-order valence-electron chi connectivity index (χ4n) is 1.18. The molecule has 70 valence electrons. The molecule has 1 aromatic heterocycles. The Kier molecular flexibility index (Phi) is 2.11. The summed E-state index contributed by atoms with van der Waals surface area (Å²) in [5.41, 5.74) is -0.147. The van der Waals surface area contributed by atoms with Gasteiger partial charge in [-0.2, -0.15) is 0 Å². The van der Waals surface area contributed by atoms with Gasteiger partial charge in [-0.3, -0.25) is 4.79 Å². The number of H-pyrrole nitrogens is 1. The minimum Gasteiger partial charge on any atom is -0.366 e. The van der Waals surface area contributed by atoms with Crippen molar-refractivity contribution in [3.8, 4) is 0 Å². The highest BCUT2D eigenvalue weighted by atomic mass is 79.9. The van der Waals surface area contributed by atoms with Crippen molar-refractivity contribution in [1.82, 2.24) is 9.97 Å². The Hall–Kier alpha value is -0.840. The lowest BCUT2D eigenvalue weighted by Crippen LogP contribution is -2.13. The molecule has 5 heteroatoms. The zero-order chi connectivity index (χ0) is 9.42. The van der Waals surface area contributed by atoms with Crippen molar-refractivity contribution >= 4 is 21.7 Å². The van der Waals surface area contributed by atoms with Crippen molar-refractivity contribution in [1.29, 1.82) is 0 Å². The molecule has 2 unspecified atom stereocenters. The molecular formula is C8H10BrN3O. The Balaban J connectivity index is 2.20. The van der Waals surface area contributed by atoms with E-state index in [0.717, 1.165) is 6.42 Å². The molecule has 2 rings (SSSR count). The van der Waals surface area contributed by atoms with E-state index in [9.17, 15) is 4.79 Å². The van der Waals surface area contributed by atoms with Crippen LogP contribution in [0.5, 0.6) is 0 Å². The lowest BCUT2D eigenvalue weighted by molar-refractivity contribution is 0.918. The molecule has 2 atom stereocenters. The molecule has 0 bridgehead atoms. The molecule has 0 aromatic carbocycles. The number of aromatic nitrogens is 2. The fraction of sp³-hybridized carbons (Fsp3) is 0.500. The third-order valence-corrected chi connectivity index (χ3v) is 2.96. The molecule has 4 nitrogen and oxygen atoms in total. The predicted molar refractivity (Wildman–Crippen MR) is 53.7 cm³/mol. The van der Waals surface area contributed by atoms with Crippen LogP contribution >= 0.6 is 15.9 Å². The van der Waals surface area contributed by atoms with E-state index in [0.29, 0.717) is 22.3 Å². The number of halogens is 1. The largest absolute Gasteiger partial charge is 0.366 e. The van der Waals surface area contributed by atoms with Crippen molar-refractivity contribution in [2.24, 2.45) is 5.92 Å². The highest BCUT2D eigenvalue weighted by Gasteiger charge is 2.33. The van der Waals surface area contributed by atoms with E-state index in [1.54, 1.807) is 0 Å². The van der Waals surface area contributed by atoms with Gasteiger partial charge in [0.2, 0.25) is 0 Å². The monoisotopic (exact) mass is 243 g/mol. The molecule has 0 amide bonds. The number of nitrogens with one attached hydrogen (secondary N) is 2. The second kappa shape index (κ2) is 3.14. The van der Waals surface area contributed by atoms with Gasteiger partial charge in [-0.25, -0.2) is 4.98 Å². The molecule has 1 heterocycles. The number of hydrogen-bond acceptors (Lipinski definition) is 3. The minimum atomic E-state index is -0.147. The Labute approximate surface area is 83.9 Å². The molecule has 1 saturated carbocycles. The normalized spacial score (nSPS) is 25.7. The quantitative estimate of drug-likeness (QED) is 0.825. The van der Waals surface area contributed by atoms with E-state index in [1.165, 1.54) is 6.33 Å². The van der Waals surface area contributed by atoms with E-state index in [1.807, 2.05) is 0 Å². The minimum absolute atomic E-state index is 0.147. The molecule has 0 saturated heterocycles. The third-order valence-electron chi connectivity index (χ3n) is 2.23. The van der Waals surface area contributed by atoms with Gasteiger partial charge >= 0.3 is 0 Å². The molecule has 1 aliphatic carbocycles. The summed E-state index contributed by atoms with van der Waals surface area (Å²) in [5.74, 6) is 1.33. The number of rotatable bonds is 2. The smallest absolute Gasteiger partial charge is 0.267 e. The molecule has 1 aliphatic rings. The molecule has 0 radical (unpaired) electrons. The summed E-state index contributed by atoms with van der Waals surface area (Å²) >= 11 is 3.19. The van der Waals surface area contributed by atoms with Crippen molar-refractivity contribution in [2.45, 2.75) is 19.4 Å². The van der Waals surface area contributed by atoms with Gasteiger partial charge < -0.3 is 10.3 Å². The Morgan fingerprint density at radius 2 is 2.46 bits per heavy atom. The van der Waals surface area contributed by atoms with Crippen LogP contribution in [-0.2, 0) is 0 Å². The Bertz CT molecular complexity index is 376. The second-order valence-corrected chi connectivity index (χ2v) is 4.15. The van der Waals surface area contributed by atoms with Crippen LogP contribution in [0.3, 0.4) is 0 Å². The Morgan fingerprint density at radius 1 is 1.77 bits per heavy atom. The van der Waals surface area contributed by atoms with Crippen molar-refractivity contribution in [3.05, 3.63) is 21.2 Å². The van der Waals surface area contributed by atoms with Gasteiger partial charge in [-0.05, 0) is 28.3 Å². The highest BCUT2D eigenvalue weighted by Crippen LogP contribution is 2.33. The standard InChI is InChI=1S/C8H10BrN3O/c1-4-2-5(4)12-7-6(9)8(13)11-3-10-7/h3-5H,2H2,1H3,(H2,10,11,12,13). The average molecular weight is 244 g/mol. The van der Waals surface area contributed by atoms with Gasteiger partial charge in [0, 0.05) is 6.04 Å². The lowest BCUT2D eigenvalue weighted by atomic mass is 10.4. The maximum atomic E-state index is 11.1. The van der Waals surface area contributed by atoms with Gasteiger partial charge in [-0.1, -0.05) is 6.92 Å². The first kappa shape index (κ1) is 8.74. The van der Waals surface area contributed by atoms with Crippen molar-refractivity contribution < 1.29 is 0 Å². The molecule has 2 N–H and O–H groups in total. The molecule has 1 aromatic rings. The first-order valence-corrected chi connectivity index (χ1v) is 4.97. The van der Waals surface area contributed by atoms with Crippen molar-refractivity contribution in [2.75, 3.05) is 5.32 Å². The van der Waals surface area contributed by atoms with E-state index in [4.69, 9.17) is 0 Å². The summed E-state index contributed by atoms with van der Waals surface area (Å²) in [6.45, 7) is 2.17. The lowest BCUT2D eigenvalue weighted by Gasteiger charge is -2.04. The second-order valence-electron chi connectivity index (χ2n) is 3.36. The van der Waals surface area contributed by atoms with Gasteiger partial charge in [-0.15, -0.1) is 0 Å². The van der Waals surface area contributed by atoms with Crippen LogP contribution in [0, 0.1) is 5.92 Å². The van der Waals surface area contributed by atoms with Gasteiger partial charge in [0.25, 0.3) is 5.56 Å². The summed E-state index contributed by atoms with van der Waals surface area (Å²) in [6, 6.07) is 0.477. The SMILES string of the molecule is CC1CC1Nc1nc[nH]c(=O)c1Br. The van der Waals surface area contributed by atoms with Crippen LogP contribution in [0.1, 0.15) is 13.3 Å². The van der Waals surface area contributed by atoms with E-state index in [2.05, 4.69) is 38.1 Å².